The van der Waals surface area contributed by atoms with Crippen LogP contribution in [0.1, 0.15) is 20.3 Å². The van der Waals surface area contributed by atoms with Gasteiger partial charge in [-0.15, -0.1) is 11.3 Å². The second-order valence-electron chi connectivity index (χ2n) is 4.46. The number of anilines is 1. The summed E-state index contributed by atoms with van der Waals surface area (Å²) in [6.45, 7) is 4.30. The Hall–Kier alpha value is -1.27. The fourth-order valence-electron chi connectivity index (χ4n) is 1.87. The molecule has 3 aromatic rings. The number of rotatable bonds is 3. The SMILES string of the molecule is CCC(C)Nc1ncnc2c1sc1ncc(Br)cc12. The van der Waals surface area contributed by atoms with Gasteiger partial charge in [0.25, 0.3) is 0 Å². The molecule has 1 N–H and O–H groups in total. The second-order valence-corrected chi connectivity index (χ2v) is 6.38. The monoisotopic (exact) mass is 336 g/mol. The van der Waals surface area contributed by atoms with Crippen molar-refractivity contribution in [3.63, 3.8) is 0 Å². The Morgan fingerprint density at radius 2 is 2.21 bits per heavy atom. The quantitative estimate of drug-likeness (QED) is 0.778. The Balaban J connectivity index is 2.22. The smallest absolute Gasteiger partial charge is 0.147 e. The molecule has 0 radical (unpaired) electrons. The van der Waals surface area contributed by atoms with E-state index in [1.807, 2.05) is 6.20 Å². The number of nitrogens with one attached hydrogen (secondary N) is 1. The standard InChI is InChI=1S/C13H13BrN4S/c1-3-7(2)18-12-11-10(16-6-17-12)9-4-8(14)5-15-13(9)19-11/h4-7H,3H2,1-2H3,(H,16,17,18). The van der Waals surface area contributed by atoms with E-state index < -0.39 is 0 Å². The van der Waals surface area contributed by atoms with Crippen LogP contribution in [-0.2, 0) is 0 Å². The third-order valence-electron chi connectivity index (χ3n) is 3.07. The molecule has 3 rings (SSSR count). The van der Waals surface area contributed by atoms with Crippen LogP contribution in [0.25, 0.3) is 20.4 Å². The molecule has 0 aliphatic carbocycles. The molecule has 19 heavy (non-hydrogen) atoms. The normalized spacial score (nSPS) is 13.0. The number of fused-ring (bicyclic) bond motifs is 3. The average Bonchev–Trinajstić information content (AvgIpc) is 2.78. The van der Waals surface area contributed by atoms with Crippen LogP contribution in [0.15, 0.2) is 23.1 Å². The van der Waals surface area contributed by atoms with Gasteiger partial charge in [-0.05, 0) is 35.3 Å². The molecule has 6 heteroatoms. The Labute approximate surface area is 123 Å². The minimum Gasteiger partial charge on any atom is -0.366 e. The second kappa shape index (κ2) is 5.02. The Kier molecular flexibility index (Phi) is 3.36. The first kappa shape index (κ1) is 12.7. The molecular weight excluding hydrogens is 324 g/mol. The highest BCUT2D eigenvalue weighted by Gasteiger charge is 2.13. The van der Waals surface area contributed by atoms with Crippen molar-refractivity contribution in [1.29, 1.82) is 0 Å². The van der Waals surface area contributed by atoms with Crippen molar-refractivity contribution in [3.8, 4) is 0 Å². The maximum absolute atomic E-state index is 4.43. The molecule has 1 atom stereocenters. The van der Waals surface area contributed by atoms with E-state index in [9.17, 15) is 0 Å². The summed E-state index contributed by atoms with van der Waals surface area (Å²) in [5.41, 5.74) is 0.967. The summed E-state index contributed by atoms with van der Waals surface area (Å²) in [4.78, 5) is 14.2. The van der Waals surface area contributed by atoms with Gasteiger partial charge in [0.2, 0.25) is 0 Å². The van der Waals surface area contributed by atoms with Gasteiger partial charge in [0.1, 0.15) is 17.0 Å². The lowest BCUT2D eigenvalue weighted by atomic mass is 10.2. The molecule has 0 aliphatic rings. The van der Waals surface area contributed by atoms with Crippen molar-refractivity contribution in [1.82, 2.24) is 15.0 Å². The Morgan fingerprint density at radius 1 is 1.37 bits per heavy atom. The lowest BCUT2D eigenvalue weighted by Gasteiger charge is -2.11. The van der Waals surface area contributed by atoms with E-state index in [1.165, 1.54) is 0 Å². The van der Waals surface area contributed by atoms with Crippen molar-refractivity contribution in [2.75, 3.05) is 5.32 Å². The van der Waals surface area contributed by atoms with Crippen LogP contribution >= 0.6 is 27.3 Å². The van der Waals surface area contributed by atoms with Crippen LogP contribution in [0.4, 0.5) is 5.82 Å². The van der Waals surface area contributed by atoms with Crippen LogP contribution in [0.3, 0.4) is 0 Å². The van der Waals surface area contributed by atoms with Crippen LogP contribution in [0.5, 0.6) is 0 Å². The van der Waals surface area contributed by atoms with Gasteiger partial charge < -0.3 is 5.32 Å². The number of hydrogen-bond acceptors (Lipinski definition) is 5. The number of pyridine rings is 1. The van der Waals surface area contributed by atoms with Crippen LogP contribution in [-0.4, -0.2) is 21.0 Å². The van der Waals surface area contributed by atoms with E-state index in [4.69, 9.17) is 0 Å². The Morgan fingerprint density at radius 3 is 3.00 bits per heavy atom. The maximum Gasteiger partial charge on any atom is 0.147 e. The fraction of sp³-hybridized carbons (Fsp3) is 0.308. The number of hydrogen-bond donors (Lipinski definition) is 1. The van der Waals surface area contributed by atoms with Crippen LogP contribution in [0, 0.1) is 0 Å². The zero-order valence-electron chi connectivity index (χ0n) is 10.6. The third kappa shape index (κ3) is 2.30. The predicted molar refractivity (Wildman–Crippen MR) is 83.8 cm³/mol. The first-order valence-corrected chi connectivity index (χ1v) is 7.75. The van der Waals surface area contributed by atoms with Gasteiger partial charge in [-0.25, -0.2) is 15.0 Å². The van der Waals surface area contributed by atoms with E-state index in [1.54, 1.807) is 17.7 Å². The molecule has 4 nitrogen and oxygen atoms in total. The molecule has 3 heterocycles. The zero-order valence-corrected chi connectivity index (χ0v) is 13.0. The van der Waals surface area contributed by atoms with Gasteiger partial charge in [-0.3, -0.25) is 0 Å². The number of nitrogens with zero attached hydrogens (tertiary/aromatic N) is 3. The first-order chi connectivity index (χ1) is 9.19. The number of thiophene rings is 1. The third-order valence-corrected chi connectivity index (χ3v) is 4.61. The van der Waals surface area contributed by atoms with E-state index in [0.29, 0.717) is 6.04 Å². The molecule has 98 valence electrons. The molecule has 1 unspecified atom stereocenters. The molecule has 0 amide bonds. The van der Waals surface area contributed by atoms with E-state index in [-0.39, 0.29) is 0 Å². The summed E-state index contributed by atoms with van der Waals surface area (Å²) in [6.07, 6.45) is 4.48. The van der Waals surface area contributed by atoms with Crippen molar-refractivity contribution in [3.05, 3.63) is 23.1 Å². The van der Waals surface area contributed by atoms with Gasteiger partial charge in [0, 0.05) is 22.1 Å². The molecule has 0 saturated heterocycles. The molecule has 0 fully saturated rings. The molecule has 3 aromatic heterocycles. The zero-order chi connectivity index (χ0) is 13.4. The van der Waals surface area contributed by atoms with Crippen molar-refractivity contribution < 1.29 is 0 Å². The van der Waals surface area contributed by atoms with Gasteiger partial charge in [0.05, 0.1) is 10.2 Å². The number of aromatic nitrogens is 3. The summed E-state index contributed by atoms with van der Waals surface area (Å²) >= 11 is 5.09. The maximum atomic E-state index is 4.43. The topological polar surface area (TPSA) is 50.7 Å². The molecule has 0 aromatic carbocycles. The van der Waals surface area contributed by atoms with Crippen LogP contribution < -0.4 is 5.32 Å². The van der Waals surface area contributed by atoms with E-state index in [2.05, 4.69) is 56.1 Å². The minimum absolute atomic E-state index is 0.392. The van der Waals surface area contributed by atoms with Gasteiger partial charge in [-0.2, -0.15) is 0 Å². The summed E-state index contributed by atoms with van der Waals surface area (Å²) in [5.74, 6) is 0.901. The summed E-state index contributed by atoms with van der Waals surface area (Å²) in [7, 11) is 0. The fourth-order valence-corrected chi connectivity index (χ4v) is 3.24. The summed E-state index contributed by atoms with van der Waals surface area (Å²) < 4.78 is 2.04. The van der Waals surface area contributed by atoms with E-state index >= 15 is 0 Å². The average molecular weight is 337 g/mol. The Bertz CT molecular complexity index is 740. The minimum atomic E-state index is 0.392. The summed E-state index contributed by atoms with van der Waals surface area (Å²) in [5, 5.41) is 4.50. The van der Waals surface area contributed by atoms with Crippen LogP contribution in [0.2, 0.25) is 0 Å². The summed E-state index contributed by atoms with van der Waals surface area (Å²) in [6, 6.07) is 2.45. The van der Waals surface area contributed by atoms with Crippen molar-refractivity contribution in [2.24, 2.45) is 0 Å². The van der Waals surface area contributed by atoms with Gasteiger partial charge in [-0.1, -0.05) is 6.92 Å². The molecule has 0 spiro atoms. The van der Waals surface area contributed by atoms with Gasteiger partial charge >= 0.3 is 0 Å². The van der Waals surface area contributed by atoms with E-state index in [0.717, 1.165) is 37.1 Å². The highest BCUT2D eigenvalue weighted by atomic mass is 79.9. The predicted octanol–water partition coefficient (Wildman–Crippen LogP) is 4.21. The van der Waals surface area contributed by atoms with Crippen molar-refractivity contribution >= 4 is 53.5 Å². The first-order valence-electron chi connectivity index (χ1n) is 6.14. The lowest BCUT2D eigenvalue weighted by molar-refractivity contribution is 0.760. The molecule has 0 saturated carbocycles. The molecule has 0 aliphatic heterocycles. The highest BCUT2D eigenvalue weighted by molar-refractivity contribution is 9.10. The highest BCUT2D eigenvalue weighted by Crippen LogP contribution is 2.35. The molecular formula is C13H13BrN4S. The lowest BCUT2D eigenvalue weighted by Crippen LogP contribution is -2.14. The largest absolute Gasteiger partial charge is 0.366 e. The molecule has 0 bridgehead atoms. The number of halogens is 1. The van der Waals surface area contributed by atoms with Gasteiger partial charge in [0.15, 0.2) is 0 Å². The van der Waals surface area contributed by atoms with Crippen molar-refractivity contribution in [2.45, 2.75) is 26.3 Å².